The average Bonchev–Trinajstić information content (AvgIpc) is 1.98. The zero-order valence-corrected chi connectivity index (χ0v) is 8.18. The second kappa shape index (κ2) is 2.43. The fourth-order valence-corrected chi connectivity index (χ4v) is 1.50. The number of imidazole rings is 1. The lowest BCUT2D eigenvalue weighted by Gasteiger charge is -1.89. The molecule has 0 spiro atoms. The summed E-state index contributed by atoms with van der Waals surface area (Å²) in [5.74, 6) is 5.41. The van der Waals surface area contributed by atoms with E-state index in [9.17, 15) is 0 Å². The molecule has 1 heterocycles. The molecule has 9 heavy (non-hydrogen) atoms. The lowest BCUT2D eigenvalue weighted by molar-refractivity contribution is 0.953. The quantitative estimate of drug-likeness (QED) is 0.559. The van der Waals surface area contributed by atoms with Gasteiger partial charge in [0.25, 0.3) is 0 Å². The topological polar surface area (TPSA) is 46.7 Å². The summed E-state index contributed by atoms with van der Waals surface area (Å²) in [7, 11) is 0. The monoisotopic (exact) mass is 271 g/mol. The van der Waals surface area contributed by atoms with E-state index in [-0.39, 0.29) is 0 Å². The second-order valence-electron chi connectivity index (χ2n) is 1.40. The van der Waals surface area contributed by atoms with Gasteiger partial charge < -0.3 is 10.8 Å². The lowest BCUT2D eigenvalue weighted by Crippen LogP contribution is -2.07. The molecule has 0 aromatic carbocycles. The number of nitrogens with one attached hydrogen (secondary N) is 1. The predicted molar refractivity (Wildman–Crippen MR) is 45.2 cm³/mol. The summed E-state index contributed by atoms with van der Waals surface area (Å²) < 4.78 is 3.29. The van der Waals surface area contributed by atoms with Gasteiger partial charge in [0.05, 0.1) is 0 Å². The van der Waals surface area contributed by atoms with Crippen LogP contribution >= 0.6 is 44.1 Å². The molecular weight excluding hydrogens is 270 g/mol. The molecule has 0 aliphatic carbocycles. The molecule has 1 aromatic rings. The van der Waals surface area contributed by atoms with Crippen molar-refractivity contribution in [2.45, 2.75) is 0 Å². The number of aromatic nitrogens is 2. The summed E-state index contributed by atoms with van der Waals surface area (Å²) in [6.07, 6.45) is 0. The number of nitrogens with two attached hydrogens (primary N) is 1. The maximum atomic E-state index is 5.41. The second-order valence-corrected chi connectivity index (χ2v) is 3.34. The molecule has 0 unspecified atom stereocenters. The first-order chi connectivity index (χ1) is 4.13. The molecule has 6 heteroatoms. The standard InChI is InChI=1S/C3H3Br2N3S/c4-1-2(5)8(6)3(9)7-1/h6H2,(H,7,9). The van der Waals surface area contributed by atoms with Gasteiger partial charge in [0.1, 0.15) is 9.21 Å². The number of H-pyrrole nitrogens is 1. The van der Waals surface area contributed by atoms with Gasteiger partial charge in [-0.1, -0.05) is 0 Å². The molecule has 50 valence electrons. The van der Waals surface area contributed by atoms with Gasteiger partial charge in [-0.05, 0) is 44.1 Å². The molecule has 1 aromatic heterocycles. The van der Waals surface area contributed by atoms with Crippen molar-refractivity contribution in [1.82, 2.24) is 9.66 Å². The molecule has 0 saturated carbocycles. The maximum Gasteiger partial charge on any atom is 0.197 e. The number of hydrogen-bond donors (Lipinski definition) is 2. The van der Waals surface area contributed by atoms with Gasteiger partial charge >= 0.3 is 0 Å². The average molecular weight is 273 g/mol. The van der Waals surface area contributed by atoms with Crippen molar-refractivity contribution in [1.29, 1.82) is 0 Å². The fraction of sp³-hybridized carbons (Fsp3) is 0. The van der Waals surface area contributed by atoms with Crippen molar-refractivity contribution >= 4 is 44.1 Å². The van der Waals surface area contributed by atoms with Crippen molar-refractivity contribution in [2.24, 2.45) is 0 Å². The van der Waals surface area contributed by atoms with Crippen LogP contribution in [0.4, 0.5) is 0 Å². The Labute approximate surface area is 73.5 Å². The van der Waals surface area contributed by atoms with E-state index in [1.807, 2.05) is 0 Å². The lowest BCUT2D eigenvalue weighted by atomic mass is 10.9. The van der Waals surface area contributed by atoms with Crippen LogP contribution in [-0.2, 0) is 0 Å². The van der Waals surface area contributed by atoms with E-state index in [2.05, 4.69) is 36.8 Å². The Hall–Kier alpha value is 0.190. The van der Waals surface area contributed by atoms with Gasteiger partial charge in [0.15, 0.2) is 4.77 Å². The van der Waals surface area contributed by atoms with Gasteiger partial charge in [-0.2, -0.15) is 0 Å². The Morgan fingerprint density at radius 3 is 2.22 bits per heavy atom. The summed E-state index contributed by atoms with van der Waals surface area (Å²) in [6.45, 7) is 0. The smallest absolute Gasteiger partial charge is 0.197 e. The normalized spacial score (nSPS) is 10.0. The van der Waals surface area contributed by atoms with E-state index >= 15 is 0 Å². The van der Waals surface area contributed by atoms with Crippen molar-refractivity contribution in [3.63, 3.8) is 0 Å². The van der Waals surface area contributed by atoms with E-state index in [4.69, 9.17) is 18.1 Å². The molecule has 0 bridgehead atoms. The van der Waals surface area contributed by atoms with Gasteiger partial charge in [-0.3, -0.25) is 0 Å². The number of halogens is 2. The van der Waals surface area contributed by atoms with Crippen molar-refractivity contribution < 1.29 is 0 Å². The van der Waals surface area contributed by atoms with Gasteiger partial charge in [0, 0.05) is 0 Å². The minimum atomic E-state index is 0.480. The first kappa shape index (κ1) is 7.30. The Morgan fingerprint density at radius 2 is 2.11 bits per heavy atom. The van der Waals surface area contributed by atoms with E-state index < -0.39 is 0 Å². The van der Waals surface area contributed by atoms with Crippen LogP contribution in [0.3, 0.4) is 0 Å². The predicted octanol–water partition coefficient (Wildman–Crippen LogP) is 1.78. The number of hydrogen-bond acceptors (Lipinski definition) is 2. The number of rotatable bonds is 0. The molecule has 0 aliphatic heterocycles. The summed E-state index contributed by atoms with van der Waals surface area (Å²) >= 11 is 11.2. The SMILES string of the molecule is Nn1c(Br)c(Br)[nH]c1=S. The third kappa shape index (κ3) is 1.20. The van der Waals surface area contributed by atoms with Crippen LogP contribution in [0.5, 0.6) is 0 Å². The van der Waals surface area contributed by atoms with Crippen LogP contribution in [0.1, 0.15) is 0 Å². The van der Waals surface area contributed by atoms with Crippen LogP contribution in [0.15, 0.2) is 9.21 Å². The molecule has 1 rings (SSSR count). The van der Waals surface area contributed by atoms with Gasteiger partial charge in [-0.15, -0.1) is 0 Å². The van der Waals surface area contributed by atoms with Gasteiger partial charge in [-0.25, -0.2) is 4.68 Å². The highest BCUT2D eigenvalue weighted by Gasteiger charge is 2.01. The summed E-state index contributed by atoms with van der Waals surface area (Å²) in [4.78, 5) is 2.80. The van der Waals surface area contributed by atoms with E-state index in [1.165, 1.54) is 4.68 Å². The maximum absolute atomic E-state index is 5.41. The van der Waals surface area contributed by atoms with E-state index in [0.717, 1.165) is 4.60 Å². The first-order valence-electron chi connectivity index (χ1n) is 2.04. The molecule has 3 N–H and O–H groups in total. The van der Waals surface area contributed by atoms with Crippen molar-refractivity contribution in [3.05, 3.63) is 14.0 Å². The highest BCUT2D eigenvalue weighted by molar-refractivity contribution is 9.13. The van der Waals surface area contributed by atoms with Crippen molar-refractivity contribution in [3.8, 4) is 0 Å². The summed E-state index contributed by atoms with van der Waals surface area (Å²) in [6, 6.07) is 0. The molecule has 0 radical (unpaired) electrons. The molecule has 0 amide bonds. The number of nitrogens with zero attached hydrogens (tertiary/aromatic N) is 1. The van der Waals surface area contributed by atoms with Crippen LogP contribution in [-0.4, -0.2) is 9.66 Å². The molecular formula is C3H3Br2N3S. The third-order valence-electron chi connectivity index (χ3n) is 0.828. The Kier molecular flexibility index (Phi) is 1.97. The third-order valence-corrected chi connectivity index (χ3v) is 3.01. The highest BCUT2D eigenvalue weighted by atomic mass is 79.9. The summed E-state index contributed by atoms with van der Waals surface area (Å²) in [5, 5.41) is 0. The van der Waals surface area contributed by atoms with Crippen molar-refractivity contribution in [2.75, 3.05) is 5.84 Å². The van der Waals surface area contributed by atoms with Crippen LogP contribution in [0.2, 0.25) is 0 Å². The zero-order chi connectivity index (χ0) is 7.02. The molecule has 3 nitrogen and oxygen atoms in total. The number of nitrogen functional groups attached to an aromatic ring is 1. The molecule has 0 aliphatic rings. The Balaban J connectivity index is 3.47. The van der Waals surface area contributed by atoms with Crippen LogP contribution in [0.25, 0.3) is 0 Å². The van der Waals surface area contributed by atoms with E-state index in [1.54, 1.807) is 0 Å². The zero-order valence-electron chi connectivity index (χ0n) is 4.19. The number of aromatic amines is 1. The Bertz CT molecular complexity index is 275. The minimum Gasteiger partial charge on any atom is -0.336 e. The van der Waals surface area contributed by atoms with Gasteiger partial charge in [0.2, 0.25) is 0 Å². The highest BCUT2D eigenvalue weighted by Crippen LogP contribution is 2.19. The molecule has 0 saturated heterocycles. The minimum absolute atomic E-state index is 0.480. The Morgan fingerprint density at radius 1 is 1.56 bits per heavy atom. The van der Waals surface area contributed by atoms with Crippen LogP contribution < -0.4 is 5.84 Å². The molecule has 0 fully saturated rings. The van der Waals surface area contributed by atoms with Crippen LogP contribution in [0, 0.1) is 4.77 Å². The van der Waals surface area contributed by atoms with E-state index in [0.29, 0.717) is 9.37 Å². The molecule has 0 atom stereocenters. The summed E-state index contributed by atoms with van der Waals surface area (Å²) in [5.41, 5.74) is 0. The fourth-order valence-electron chi connectivity index (χ4n) is 0.401. The first-order valence-corrected chi connectivity index (χ1v) is 4.03. The largest absolute Gasteiger partial charge is 0.336 e.